The maximum absolute atomic E-state index is 12.5. The molecule has 0 aromatic heterocycles. The molecule has 0 spiro atoms. The summed E-state index contributed by atoms with van der Waals surface area (Å²) in [6.45, 7) is 0. The summed E-state index contributed by atoms with van der Waals surface area (Å²) in [5, 5.41) is 17.7. The molecule has 1 unspecified atom stereocenters. The van der Waals surface area contributed by atoms with Crippen molar-refractivity contribution < 1.29 is 28.5 Å². The van der Waals surface area contributed by atoms with Crippen LogP contribution in [0.1, 0.15) is 23.7 Å². The van der Waals surface area contributed by atoms with Crippen LogP contribution in [0.15, 0.2) is 18.2 Å². The highest BCUT2D eigenvalue weighted by atomic mass is 19.3. The first-order valence-corrected chi connectivity index (χ1v) is 4.34. The number of carbonyl (C=O) groups is 1. The van der Waals surface area contributed by atoms with E-state index in [9.17, 15) is 18.7 Å². The second kappa shape index (κ2) is 4.89. The van der Waals surface area contributed by atoms with Crippen LogP contribution in [-0.4, -0.2) is 23.3 Å². The number of aliphatic hydroxyl groups is 1. The monoisotopic (exact) mass is 232 g/mol. The van der Waals surface area contributed by atoms with Crippen molar-refractivity contribution in [2.45, 2.75) is 12.5 Å². The van der Waals surface area contributed by atoms with Gasteiger partial charge in [0.1, 0.15) is 5.75 Å². The van der Waals surface area contributed by atoms with E-state index >= 15 is 0 Å². The third kappa shape index (κ3) is 2.46. The van der Waals surface area contributed by atoms with Crippen LogP contribution >= 0.6 is 0 Å². The number of hydrogen-bond donors (Lipinski definition) is 2. The lowest BCUT2D eigenvalue weighted by Crippen LogP contribution is -2.11. The third-order valence-corrected chi connectivity index (χ3v) is 2.04. The van der Waals surface area contributed by atoms with Gasteiger partial charge in [0.25, 0.3) is 6.43 Å². The Bertz CT molecular complexity index is 392. The van der Waals surface area contributed by atoms with Crippen LogP contribution in [-0.2, 0) is 4.79 Å². The fourth-order valence-corrected chi connectivity index (χ4v) is 1.24. The van der Waals surface area contributed by atoms with E-state index in [1.54, 1.807) is 0 Å². The number of benzene rings is 1. The summed E-state index contributed by atoms with van der Waals surface area (Å²) in [5.41, 5.74) is -0.552. The number of halogens is 2. The SMILES string of the molecule is COc1ccc(C(O)C(=O)O)cc1C(F)F. The van der Waals surface area contributed by atoms with Crippen molar-refractivity contribution in [3.63, 3.8) is 0 Å². The molecule has 0 radical (unpaired) electrons. The summed E-state index contributed by atoms with van der Waals surface area (Å²) in [7, 11) is 1.23. The quantitative estimate of drug-likeness (QED) is 0.829. The fourth-order valence-electron chi connectivity index (χ4n) is 1.24. The number of methoxy groups -OCH3 is 1. The van der Waals surface area contributed by atoms with Gasteiger partial charge >= 0.3 is 5.97 Å². The summed E-state index contributed by atoms with van der Waals surface area (Å²) < 4.78 is 29.8. The molecule has 0 amide bonds. The number of aliphatic carboxylic acids is 1. The number of rotatable bonds is 4. The summed E-state index contributed by atoms with van der Waals surface area (Å²) in [4.78, 5) is 10.5. The average Bonchev–Trinajstić information content (AvgIpc) is 2.26. The maximum Gasteiger partial charge on any atom is 0.337 e. The van der Waals surface area contributed by atoms with Crippen molar-refractivity contribution in [2.75, 3.05) is 7.11 Å². The Morgan fingerprint density at radius 1 is 1.44 bits per heavy atom. The Morgan fingerprint density at radius 3 is 2.50 bits per heavy atom. The second-order valence-corrected chi connectivity index (χ2v) is 3.04. The van der Waals surface area contributed by atoms with E-state index in [1.165, 1.54) is 19.2 Å². The van der Waals surface area contributed by atoms with Crippen LogP contribution in [0.25, 0.3) is 0 Å². The van der Waals surface area contributed by atoms with Gasteiger partial charge in [-0.05, 0) is 17.7 Å². The van der Waals surface area contributed by atoms with E-state index in [4.69, 9.17) is 9.84 Å². The van der Waals surface area contributed by atoms with E-state index in [0.717, 1.165) is 6.07 Å². The molecule has 0 saturated heterocycles. The van der Waals surface area contributed by atoms with Crippen molar-refractivity contribution >= 4 is 5.97 Å². The van der Waals surface area contributed by atoms with Gasteiger partial charge in [-0.15, -0.1) is 0 Å². The molecule has 88 valence electrons. The van der Waals surface area contributed by atoms with Gasteiger partial charge in [0.05, 0.1) is 12.7 Å². The lowest BCUT2D eigenvalue weighted by Gasteiger charge is -2.11. The molecule has 0 aliphatic heterocycles. The molecular formula is C10H10F2O4. The minimum atomic E-state index is -2.80. The van der Waals surface area contributed by atoms with E-state index in [0.29, 0.717) is 0 Å². The number of carboxylic acid groups (broad SMARTS) is 1. The number of carboxylic acids is 1. The Hall–Kier alpha value is -1.69. The van der Waals surface area contributed by atoms with Crippen molar-refractivity contribution in [1.29, 1.82) is 0 Å². The predicted molar refractivity (Wildman–Crippen MR) is 50.5 cm³/mol. The molecule has 0 saturated carbocycles. The number of hydrogen-bond acceptors (Lipinski definition) is 3. The summed E-state index contributed by atoms with van der Waals surface area (Å²) in [6, 6.07) is 3.34. The predicted octanol–water partition coefficient (Wildman–Crippen LogP) is 1.75. The van der Waals surface area contributed by atoms with Gasteiger partial charge in [0.2, 0.25) is 0 Å². The van der Waals surface area contributed by atoms with E-state index in [2.05, 4.69) is 0 Å². The van der Waals surface area contributed by atoms with Crippen LogP contribution in [0.3, 0.4) is 0 Å². The number of alkyl halides is 2. The van der Waals surface area contributed by atoms with Gasteiger partial charge in [-0.25, -0.2) is 13.6 Å². The summed E-state index contributed by atoms with van der Waals surface area (Å²) in [6.07, 6.45) is -4.61. The molecule has 1 atom stereocenters. The lowest BCUT2D eigenvalue weighted by atomic mass is 10.1. The smallest absolute Gasteiger partial charge is 0.337 e. The Kier molecular flexibility index (Phi) is 3.78. The second-order valence-electron chi connectivity index (χ2n) is 3.04. The molecule has 2 N–H and O–H groups in total. The van der Waals surface area contributed by atoms with E-state index in [1.807, 2.05) is 0 Å². The molecule has 6 heteroatoms. The van der Waals surface area contributed by atoms with Crippen LogP contribution in [0.5, 0.6) is 5.75 Å². The molecule has 0 aliphatic carbocycles. The van der Waals surface area contributed by atoms with Crippen LogP contribution in [0, 0.1) is 0 Å². The molecular weight excluding hydrogens is 222 g/mol. The number of ether oxygens (including phenoxy) is 1. The van der Waals surface area contributed by atoms with Crippen molar-refractivity contribution in [3.05, 3.63) is 29.3 Å². The third-order valence-electron chi connectivity index (χ3n) is 2.04. The Labute approximate surface area is 90.1 Å². The molecule has 16 heavy (non-hydrogen) atoms. The van der Waals surface area contributed by atoms with Crippen molar-refractivity contribution in [1.82, 2.24) is 0 Å². The van der Waals surface area contributed by atoms with Crippen molar-refractivity contribution in [2.24, 2.45) is 0 Å². The van der Waals surface area contributed by atoms with Crippen LogP contribution in [0.2, 0.25) is 0 Å². The largest absolute Gasteiger partial charge is 0.496 e. The molecule has 0 aliphatic rings. The maximum atomic E-state index is 12.5. The van der Waals surface area contributed by atoms with Crippen molar-refractivity contribution in [3.8, 4) is 5.75 Å². The zero-order valence-electron chi connectivity index (χ0n) is 8.35. The highest BCUT2D eigenvalue weighted by Crippen LogP contribution is 2.31. The van der Waals surface area contributed by atoms with Gasteiger partial charge in [0.15, 0.2) is 6.10 Å². The van der Waals surface area contributed by atoms with E-state index in [-0.39, 0.29) is 11.3 Å². The first-order valence-electron chi connectivity index (χ1n) is 4.34. The van der Waals surface area contributed by atoms with Gasteiger partial charge in [-0.3, -0.25) is 0 Å². The average molecular weight is 232 g/mol. The number of aliphatic hydroxyl groups excluding tert-OH is 1. The zero-order valence-corrected chi connectivity index (χ0v) is 8.35. The fraction of sp³-hybridized carbons (Fsp3) is 0.300. The first-order chi connectivity index (χ1) is 7.47. The Morgan fingerprint density at radius 2 is 2.06 bits per heavy atom. The highest BCUT2D eigenvalue weighted by Gasteiger charge is 2.20. The molecule has 4 nitrogen and oxygen atoms in total. The molecule has 1 aromatic carbocycles. The minimum Gasteiger partial charge on any atom is -0.496 e. The van der Waals surface area contributed by atoms with Crippen LogP contribution in [0.4, 0.5) is 8.78 Å². The molecule has 1 rings (SSSR count). The normalized spacial score (nSPS) is 12.6. The lowest BCUT2D eigenvalue weighted by molar-refractivity contribution is -0.146. The molecule has 0 fully saturated rings. The summed E-state index contributed by atoms with van der Waals surface area (Å²) >= 11 is 0. The minimum absolute atomic E-state index is 0.0451. The van der Waals surface area contributed by atoms with Gasteiger partial charge in [-0.1, -0.05) is 6.07 Å². The van der Waals surface area contributed by atoms with Crippen LogP contribution < -0.4 is 4.74 Å². The molecule has 0 heterocycles. The van der Waals surface area contributed by atoms with Gasteiger partial charge < -0.3 is 14.9 Å². The first kappa shape index (κ1) is 12.4. The van der Waals surface area contributed by atoms with Gasteiger partial charge in [0, 0.05) is 0 Å². The zero-order chi connectivity index (χ0) is 12.3. The topological polar surface area (TPSA) is 66.8 Å². The molecule has 0 bridgehead atoms. The highest BCUT2D eigenvalue weighted by molar-refractivity contribution is 5.74. The Balaban J connectivity index is 3.16. The summed E-state index contributed by atoms with van der Waals surface area (Å²) in [5.74, 6) is -1.54. The van der Waals surface area contributed by atoms with Gasteiger partial charge in [-0.2, -0.15) is 0 Å². The molecule has 1 aromatic rings. The van der Waals surface area contributed by atoms with E-state index < -0.39 is 24.1 Å². The standard InChI is InChI=1S/C10H10F2O4/c1-16-7-3-2-5(8(13)10(14)15)4-6(7)9(11)12/h2-4,8-9,13H,1H3,(H,14,15).